The fourth-order valence-corrected chi connectivity index (χ4v) is 3.34. The summed E-state index contributed by atoms with van der Waals surface area (Å²) >= 11 is 1.44. The summed E-state index contributed by atoms with van der Waals surface area (Å²) in [6, 6.07) is 7.15. The number of hydrogen-bond acceptors (Lipinski definition) is 5. The molecule has 0 aliphatic carbocycles. The summed E-state index contributed by atoms with van der Waals surface area (Å²) in [6.45, 7) is 4.41. The molecule has 0 saturated carbocycles. The Balaban J connectivity index is 1.64. The largest absolute Gasteiger partial charge is 0.477 e. The first-order valence-electron chi connectivity index (χ1n) is 7.90. The first kappa shape index (κ1) is 16.4. The van der Waals surface area contributed by atoms with Gasteiger partial charge < -0.3 is 14.5 Å². The van der Waals surface area contributed by atoms with Crippen LogP contribution in [0.5, 0.6) is 5.88 Å². The fourth-order valence-electron chi connectivity index (χ4n) is 2.64. The molecule has 3 heterocycles. The molecular formula is C17H19N3O3S. The highest BCUT2D eigenvalue weighted by Gasteiger charge is 2.27. The van der Waals surface area contributed by atoms with E-state index in [9.17, 15) is 9.59 Å². The molecule has 0 unspecified atom stereocenters. The summed E-state index contributed by atoms with van der Waals surface area (Å²) in [5.74, 6) is 0.297. The van der Waals surface area contributed by atoms with Crippen LogP contribution in [0.2, 0.25) is 0 Å². The number of aromatic nitrogens is 1. The molecule has 126 valence electrons. The van der Waals surface area contributed by atoms with Gasteiger partial charge in [-0.15, -0.1) is 11.3 Å². The number of rotatable bonds is 4. The van der Waals surface area contributed by atoms with E-state index in [-0.39, 0.29) is 11.8 Å². The van der Waals surface area contributed by atoms with Crippen LogP contribution in [-0.2, 0) is 0 Å². The zero-order valence-electron chi connectivity index (χ0n) is 13.5. The predicted octanol–water partition coefficient (Wildman–Crippen LogP) is 2.14. The molecule has 0 radical (unpaired) electrons. The third-order valence-electron chi connectivity index (χ3n) is 3.87. The monoisotopic (exact) mass is 345 g/mol. The summed E-state index contributed by atoms with van der Waals surface area (Å²) in [7, 11) is 0. The van der Waals surface area contributed by atoms with Crippen molar-refractivity contribution in [3.05, 3.63) is 46.3 Å². The van der Waals surface area contributed by atoms with Crippen LogP contribution in [0.25, 0.3) is 0 Å². The zero-order valence-corrected chi connectivity index (χ0v) is 14.3. The van der Waals surface area contributed by atoms with E-state index in [1.54, 1.807) is 28.1 Å². The van der Waals surface area contributed by atoms with Crippen molar-refractivity contribution in [2.75, 3.05) is 32.8 Å². The first-order valence-corrected chi connectivity index (χ1v) is 8.78. The maximum absolute atomic E-state index is 12.7. The molecule has 1 saturated heterocycles. The van der Waals surface area contributed by atoms with Gasteiger partial charge in [-0.25, -0.2) is 4.98 Å². The second-order valence-electron chi connectivity index (χ2n) is 5.35. The van der Waals surface area contributed by atoms with Crippen LogP contribution >= 0.6 is 11.3 Å². The van der Waals surface area contributed by atoms with Gasteiger partial charge >= 0.3 is 0 Å². The van der Waals surface area contributed by atoms with E-state index < -0.39 is 0 Å². The zero-order chi connectivity index (χ0) is 16.9. The second-order valence-corrected chi connectivity index (χ2v) is 6.30. The molecule has 0 bridgehead atoms. The van der Waals surface area contributed by atoms with Crippen molar-refractivity contribution in [1.82, 2.24) is 14.8 Å². The maximum Gasteiger partial charge on any atom is 0.264 e. The van der Waals surface area contributed by atoms with Crippen molar-refractivity contribution in [2.24, 2.45) is 0 Å². The Morgan fingerprint density at radius 1 is 1.12 bits per heavy atom. The van der Waals surface area contributed by atoms with Gasteiger partial charge in [0, 0.05) is 32.4 Å². The van der Waals surface area contributed by atoms with Gasteiger partial charge in [0.25, 0.3) is 11.8 Å². The van der Waals surface area contributed by atoms with E-state index in [4.69, 9.17) is 4.74 Å². The van der Waals surface area contributed by atoms with E-state index in [2.05, 4.69) is 4.98 Å². The Kier molecular flexibility index (Phi) is 5.10. The van der Waals surface area contributed by atoms with Crippen molar-refractivity contribution in [1.29, 1.82) is 0 Å². The number of amides is 2. The number of carbonyl (C=O) groups excluding carboxylic acids is 2. The van der Waals surface area contributed by atoms with Crippen LogP contribution in [0.3, 0.4) is 0 Å². The van der Waals surface area contributed by atoms with Gasteiger partial charge in [-0.3, -0.25) is 9.59 Å². The quantitative estimate of drug-likeness (QED) is 0.852. The number of ether oxygens (including phenoxy) is 1. The number of piperazine rings is 1. The summed E-state index contributed by atoms with van der Waals surface area (Å²) < 4.78 is 5.44. The van der Waals surface area contributed by atoms with Crippen molar-refractivity contribution in [2.45, 2.75) is 6.92 Å². The lowest BCUT2D eigenvalue weighted by molar-refractivity contribution is 0.0535. The maximum atomic E-state index is 12.7. The van der Waals surface area contributed by atoms with Crippen LogP contribution in [0, 0.1) is 0 Å². The molecule has 24 heavy (non-hydrogen) atoms. The van der Waals surface area contributed by atoms with Crippen LogP contribution in [0.1, 0.15) is 27.0 Å². The number of pyridine rings is 1. The van der Waals surface area contributed by atoms with Crippen LogP contribution in [0.4, 0.5) is 0 Å². The van der Waals surface area contributed by atoms with Crippen molar-refractivity contribution < 1.29 is 14.3 Å². The number of nitrogens with zero attached hydrogens (tertiary/aromatic N) is 3. The Labute approximate surface area is 144 Å². The highest BCUT2D eigenvalue weighted by Crippen LogP contribution is 2.19. The third kappa shape index (κ3) is 3.41. The molecule has 0 aromatic carbocycles. The van der Waals surface area contributed by atoms with Crippen LogP contribution < -0.4 is 4.74 Å². The van der Waals surface area contributed by atoms with E-state index in [0.29, 0.717) is 44.2 Å². The Hall–Kier alpha value is -2.41. The molecule has 0 atom stereocenters. The van der Waals surface area contributed by atoms with Crippen LogP contribution in [-0.4, -0.2) is 59.4 Å². The Morgan fingerprint density at radius 3 is 2.46 bits per heavy atom. The molecule has 2 aromatic heterocycles. The highest BCUT2D eigenvalue weighted by molar-refractivity contribution is 7.12. The van der Waals surface area contributed by atoms with Gasteiger partial charge in [0.1, 0.15) is 5.56 Å². The van der Waals surface area contributed by atoms with Crippen molar-refractivity contribution in [3.63, 3.8) is 0 Å². The molecule has 3 rings (SSSR count). The minimum atomic E-state index is -0.102. The first-order chi connectivity index (χ1) is 11.7. The molecule has 1 aliphatic heterocycles. The Bertz CT molecular complexity index is 710. The van der Waals surface area contributed by atoms with Gasteiger partial charge in [-0.05, 0) is 30.5 Å². The molecule has 6 nitrogen and oxygen atoms in total. The molecule has 2 amide bonds. The van der Waals surface area contributed by atoms with E-state index in [0.717, 1.165) is 4.88 Å². The average molecular weight is 345 g/mol. The topological polar surface area (TPSA) is 62.7 Å². The summed E-state index contributed by atoms with van der Waals surface area (Å²) in [5, 5.41) is 1.89. The standard InChI is InChI=1S/C17H19N3O3S/c1-2-23-15-13(5-3-7-18-15)16(21)19-8-10-20(11-9-19)17(22)14-6-4-12-24-14/h3-7,12H,2,8-11H2,1H3. The molecule has 7 heteroatoms. The summed E-state index contributed by atoms with van der Waals surface area (Å²) in [4.78, 5) is 33.5. The molecular weight excluding hydrogens is 326 g/mol. The molecule has 1 aliphatic rings. The number of thiophene rings is 1. The van der Waals surface area contributed by atoms with Gasteiger partial charge in [-0.1, -0.05) is 6.07 Å². The SMILES string of the molecule is CCOc1ncccc1C(=O)N1CCN(C(=O)c2cccs2)CC1. The minimum absolute atomic E-state index is 0.0356. The van der Waals surface area contributed by atoms with Gasteiger partial charge in [0.2, 0.25) is 5.88 Å². The normalized spacial score (nSPS) is 14.5. The summed E-state index contributed by atoms with van der Waals surface area (Å²) in [5.41, 5.74) is 0.470. The number of hydrogen-bond donors (Lipinski definition) is 0. The smallest absolute Gasteiger partial charge is 0.264 e. The van der Waals surface area contributed by atoms with Crippen LogP contribution in [0.15, 0.2) is 35.8 Å². The fraction of sp³-hybridized carbons (Fsp3) is 0.353. The molecule has 0 N–H and O–H groups in total. The van der Waals surface area contributed by atoms with Gasteiger partial charge in [0.15, 0.2) is 0 Å². The van der Waals surface area contributed by atoms with E-state index >= 15 is 0 Å². The van der Waals surface area contributed by atoms with E-state index in [1.807, 2.05) is 24.4 Å². The molecule has 0 spiro atoms. The molecule has 1 fully saturated rings. The highest BCUT2D eigenvalue weighted by atomic mass is 32.1. The van der Waals surface area contributed by atoms with Crippen molar-refractivity contribution >= 4 is 23.2 Å². The number of carbonyl (C=O) groups is 2. The molecule has 2 aromatic rings. The predicted molar refractivity (Wildman–Crippen MR) is 91.5 cm³/mol. The minimum Gasteiger partial charge on any atom is -0.477 e. The van der Waals surface area contributed by atoms with E-state index in [1.165, 1.54) is 11.3 Å². The second kappa shape index (κ2) is 7.44. The average Bonchev–Trinajstić information content (AvgIpc) is 3.16. The Morgan fingerprint density at radius 2 is 1.83 bits per heavy atom. The van der Waals surface area contributed by atoms with Crippen molar-refractivity contribution in [3.8, 4) is 5.88 Å². The van der Waals surface area contributed by atoms with Gasteiger partial charge in [-0.2, -0.15) is 0 Å². The lowest BCUT2D eigenvalue weighted by Crippen LogP contribution is -2.50. The summed E-state index contributed by atoms with van der Waals surface area (Å²) in [6.07, 6.45) is 1.61. The van der Waals surface area contributed by atoms with Gasteiger partial charge in [0.05, 0.1) is 11.5 Å². The lowest BCUT2D eigenvalue weighted by atomic mass is 10.2. The third-order valence-corrected chi connectivity index (χ3v) is 4.73. The lowest BCUT2D eigenvalue weighted by Gasteiger charge is -2.34.